The summed E-state index contributed by atoms with van der Waals surface area (Å²) in [4.78, 5) is 29.2. The van der Waals surface area contributed by atoms with E-state index in [9.17, 15) is 22.4 Å². The number of likely N-dealkylation sites (tertiary alicyclic amines) is 1. The molecule has 0 radical (unpaired) electrons. The number of amides is 1. The molecule has 2 atom stereocenters. The van der Waals surface area contributed by atoms with E-state index in [0.29, 0.717) is 4.88 Å². The predicted molar refractivity (Wildman–Crippen MR) is 110 cm³/mol. The highest BCUT2D eigenvalue weighted by Gasteiger charge is 2.34. The van der Waals surface area contributed by atoms with Crippen LogP contribution in [0.15, 0.2) is 46.2 Å². The van der Waals surface area contributed by atoms with Crippen LogP contribution in [0.4, 0.5) is 9.18 Å². The number of carbonyl (C=O) groups is 1. The van der Waals surface area contributed by atoms with Crippen LogP contribution in [-0.2, 0) is 10.1 Å². The van der Waals surface area contributed by atoms with E-state index in [1.165, 1.54) is 22.7 Å². The van der Waals surface area contributed by atoms with Crippen molar-refractivity contribution < 1.29 is 26.9 Å². The minimum Gasteiger partial charge on any atom is -0.465 e. The fraction of sp³-hybridized carbons (Fsp3) is 0.316. The highest BCUT2D eigenvalue weighted by molar-refractivity contribution is 7.87. The monoisotopic (exact) mass is 467 g/mol. The molecule has 1 aromatic carbocycles. The van der Waals surface area contributed by atoms with E-state index in [2.05, 4.69) is 4.98 Å². The van der Waals surface area contributed by atoms with Crippen molar-refractivity contribution in [1.29, 1.82) is 0 Å². The normalized spacial score (nSPS) is 19.5. The van der Waals surface area contributed by atoms with Crippen molar-refractivity contribution in [3.05, 3.63) is 57.3 Å². The zero-order valence-electron chi connectivity index (χ0n) is 16.3. The summed E-state index contributed by atoms with van der Waals surface area (Å²) >= 11 is 1.04. The van der Waals surface area contributed by atoms with E-state index in [0.717, 1.165) is 27.9 Å². The molecule has 0 aliphatic carbocycles. The molecule has 4 rings (SSSR count). The second-order valence-corrected chi connectivity index (χ2v) is 9.80. The van der Waals surface area contributed by atoms with Crippen LogP contribution in [0.25, 0.3) is 4.96 Å². The second-order valence-electron chi connectivity index (χ2n) is 7.21. The molecule has 0 spiro atoms. The Morgan fingerprint density at radius 2 is 2.03 bits per heavy atom. The van der Waals surface area contributed by atoms with Crippen LogP contribution in [0, 0.1) is 6.92 Å². The van der Waals surface area contributed by atoms with Crippen LogP contribution < -0.4 is 9.74 Å². The molecular formula is C19H18FN3O6S2. The minimum absolute atomic E-state index is 0.0718. The van der Waals surface area contributed by atoms with Gasteiger partial charge in [0.2, 0.25) is 5.88 Å². The molecule has 1 N–H and O–H groups in total. The molecule has 9 nitrogen and oxygen atoms in total. The van der Waals surface area contributed by atoms with Crippen molar-refractivity contribution in [1.82, 2.24) is 14.3 Å². The van der Waals surface area contributed by atoms with Gasteiger partial charge in [-0.2, -0.15) is 13.4 Å². The molecule has 0 bridgehead atoms. The first-order chi connectivity index (χ1) is 14.6. The number of aryl methyl sites for hydroxylation is 1. The van der Waals surface area contributed by atoms with Gasteiger partial charge in [0, 0.05) is 23.5 Å². The molecule has 12 heteroatoms. The van der Waals surface area contributed by atoms with E-state index >= 15 is 0 Å². The standard InChI is InChI=1S/C19H18FN3O6S2/c1-11-2-4-12(5-3-11)31(27,28)29-16-8-17(24)23-10-15(30-18(23)21-16)13-6-7-22(19(25)26)9-14(13)20/h2-5,8,10,13-14H,6-7,9H2,1H3,(H,25,26)/t13-,14-/m1/s1. The Labute approximate surface area is 180 Å². The third kappa shape index (κ3) is 4.26. The molecule has 3 aromatic rings. The summed E-state index contributed by atoms with van der Waals surface area (Å²) in [6.07, 6.45) is -0.875. The van der Waals surface area contributed by atoms with Crippen LogP contribution in [0.5, 0.6) is 5.88 Å². The molecule has 0 saturated carbocycles. The molecule has 164 valence electrons. The molecule has 0 unspecified atom stereocenters. The summed E-state index contributed by atoms with van der Waals surface area (Å²) in [6, 6.07) is 6.98. The zero-order valence-corrected chi connectivity index (χ0v) is 17.9. The molecular weight excluding hydrogens is 449 g/mol. The molecule has 1 amide bonds. The molecule has 31 heavy (non-hydrogen) atoms. The number of carboxylic acid groups (broad SMARTS) is 1. The predicted octanol–water partition coefficient (Wildman–Crippen LogP) is 2.64. The number of thiazole rings is 1. The van der Waals surface area contributed by atoms with Gasteiger partial charge in [-0.1, -0.05) is 17.7 Å². The number of piperidine rings is 1. The number of fused-ring (bicyclic) bond motifs is 1. The van der Waals surface area contributed by atoms with Crippen LogP contribution >= 0.6 is 11.3 Å². The van der Waals surface area contributed by atoms with Gasteiger partial charge >= 0.3 is 16.2 Å². The van der Waals surface area contributed by atoms with E-state index in [-0.39, 0.29) is 35.2 Å². The van der Waals surface area contributed by atoms with Crippen LogP contribution in [-0.4, -0.2) is 53.2 Å². The van der Waals surface area contributed by atoms with Gasteiger partial charge in [0.15, 0.2) is 4.96 Å². The molecule has 1 fully saturated rings. The molecule has 1 aliphatic heterocycles. The summed E-state index contributed by atoms with van der Waals surface area (Å²) in [5, 5.41) is 9.03. The molecule has 1 saturated heterocycles. The van der Waals surface area contributed by atoms with Gasteiger partial charge in [-0.3, -0.25) is 9.20 Å². The van der Waals surface area contributed by atoms with Crippen LogP contribution in [0.2, 0.25) is 0 Å². The smallest absolute Gasteiger partial charge is 0.407 e. The number of hydrogen-bond acceptors (Lipinski definition) is 7. The summed E-state index contributed by atoms with van der Waals surface area (Å²) in [7, 11) is -4.18. The van der Waals surface area contributed by atoms with Crippen molar-refractivity contribution >= 4 is 32.5 Å². The van der Waals surface area contributed by atoms with Crippen molar-refractivity contribution in [2.24, 2.45) is 0 Å². The van der Waals surface area contributed by atoms with Crippen molar-refractivity contribution in [2.75, 3.05) is 13.1 Å². The zero-order chi connectivity index (χ0) is 22.3. The van der Waals surface area contributed by atoms with Crippen molar-refractivity contribution in [2.45, 2.75) is 30.3 Å². The SMILES string of the molecule is Cc1ccc(S(=O)(=O)Oc2cc(=O)n3cc([C@@H]4CCN(C(=O)O)C[C@H]4F)sc3n2)cc1. The molecule has 2 aromatic heterocycles. The lowest BCUT2D eigenvalue weighted by Gasteiger charge is -2.32. The first-order valence-electron chi connectivity index (χ1n) is 9.30. The van der Waals surface area contributed by atoms with E-state index < -0.39 is 33.9 Å². The summed E-state index contributed by atoms with van der Waals surface area (Å²) in [6.45, 7) is 1.75. The fourth-order valence-corrected chi connectivity index (χ4v) is 5.42. The highest BCUT2D eigenvalue weighted by atomic mass is 32.2. The quantitative estimate of drug-likeness (QED) is 0.586. The average Bonchev–Trinajstić information content (AvgIpc) is 3.12. The Bertz CT molecular complexity index is 1300. The Morgan fingerprint density at radius 1 is 1.32 bits per heavy atom. The van der Waals surface area contributed by atoms with Crippen LogP contribution in [0.1, 0.15) is 22.8 Å². The Kier molecular flexibility index (Phi) is 5.43. The van der Waals surface area contributed by atoms with Crippen molar-refractivity contribution in [3.63, 3.8) is 0 Å². The van der Waals surface area contributed by atoms with Gasteiger partial charge in [-0.15, -0.1) is 11.3 Å². The third-order valence-corrected chi connectivity index (χ3v) is 7.40. The van der Waals surface area contributed by atoms with Gasteiger partial charge < -0.3 is 14.2 Å². The Morgan fingerprint density at radius 3 is 2.68 bits per heavy atom. The topological polar surface area (TPSA) is 118 Å². The first-order valence-corrected chi connectivity index (χ1v) is 11.5. The van der Waals surface area contributed by atoms with Gasteiger partial charge in [-0.05, 0) is 25.5 Å². The first kappa shape index (κ1) is 21.2. The van der Waals surface area contributed by atoms with Crippen molar-refractivity contribution in [3.8, 4) is 5.88 Å². The second kappa shape index (κ2) is 7.93. The molecule has 1 aliphatic rings. The maximum atomic E-state index is 14.6. The lowest BCUT2D eigenvalue weighted by Crippen LogP contribution is -2.43. The van der Waals surface area contributed by atoms with E-state index in [1.807, 2.05) is 6.92 Å². The summed E-state index contributed by atoms with van der Waals surface area (Å²) in [5.74, 6) is -0.959. The number of hydrogen-bond donors (Lipinski definition) is 1. The summed E-state index contributed by atoms with van der Waals surface area (Å²) < 4.78 is 45.8. The number of rotatable bonds is 4. The number of halogens is 1. The number of alkyl halides is 1. The van der Waals surface area contributed by atoms with Gasteiger partial charge in [0.25, 0.3) is 5.56 Å². The van der Waals surface area contributed by atoms with Crippen LogP contribution in [0.3, 0.4) is 0 Å². The number of aromatic nitrogens is 2. The highest BCUT2D eigenvalue weighted by Crippen LogP contribution is 2.34. The lowest BCUT2D eigenvalue weighted by atomic mass is 9.94. The number of benzene rings is 1. The maximum absolute atomic E-state index is 14.6. The maximum Gasteiger partial charge on any atom is 0.407 e. The minimum atomic E-state index is -4.18. The third-order valence-electron chi connectivity index (χ3n) is 5.04. The van der Waals surface area contributed by atoms with Gasteiger partial charge in [0.1, 0.15) is 11.1 Å². The van der Waals surface area contributed by atoms with E-state index in [4.69, 9.17) is 9.29 Å². The van der Waals surface area contributed by atoms with Gasteiger partial charge in [0.05, 0.1) is 12.6 Å². The molecule has 3 heterocycles. The van der Waals surface area contributed by atoms with Gasteiger partial charge in [-0.25, -0.2) is 9.18 Å². The fourth-order valence-electron chi connectivity index (χ4n) is 3.38. The Balaban J connectivity index is 1.62. The number of nitrogens with zero attached hydrogens (tertiary/aromatic N) is 3. The largest absolute Gasteiger partial charge is 0.465 e. The van der Waals surface area contributed by atoms with E-state index in [1.54, 1.807) is 12.1 Å². The summed E-state index contributed by atoms with van der Waals surface area (Å²) in [5.41, 5.74) is 0.309. The average molecular weight is 468 g/mol. The lowest BCUT2D eigenvalue weighted by molar-refractivity contribution is 0.0969. The Hall–Kier alpha value is -2.99.